The number of anilines is 1. The van der Waals surface area contributed by atoms with E-state index in [0.717, 1.165) is 53.3 Å². The third-order valence-electron chi connectivity index (χ3n) is 4.46. The van der Waals surface area contributed by atoms with E-state index in [1.54, 1.807) is 11.3 Å². The van der Waals surface area contributed by atoms with Gasteiger partial charge in [-0.2, -0.15) is 10.2 Å². The minimum Gasteiger partial charge on any atom is -0.379 e. The number of thiazole rings is 1. The van der Waals surface area contributed by atoms with Crippen molar-refractivity contribution in [2.45, 2.75) is 32.9 Å². The molecule has 25 heavy (non-hydrogen) atoms. The number of nitrogens with one attached hydrogen (secondary N) is 1. The fourth-order valence-electron chi connectivity index (χ4n) is 3.10. The van der Waals surface area contributed by atoms with Crippen molar-refractivity contribution in [3.63, 3.8) is 0 Å². The van der Waals surface area contributed by atoms with E-state index < -0.39 is 0 Å². The second kappa shape index (κ2) is 6.61. The standard InChI is InChI=1S/C17H22N6OS/c1-11-13(9-22(3)20-11)8-18-17-19-12(2)16(25-17)15-4-6-23(21-15)14-5-7-24-10-14/h4,6,9,14H,5,7-8,10H2,1-3H3,(H,18,19)/t14-/m0/s1. The lowest BCUT2D eigenvalue weighted by atomic mass is 10.3. The molecule has 0 radical (unpaired) electrons. The van der Waals surface area contributed by atoms with Crippen molar-refractivity contribution in [1.29, 1.82) is 0 Å². The third kappa shape index (κ3) is 3.32. The molecule has 3 aromatic rings. The number of aromatic nitrogens is 5. The summed E-state index contributed by atoms with van der Waals surface area (Å²) in [5.74, 6) is 0. The van der Waals surface area contributed by atoms with E-state index in [-0.39, 0.29) is 0 Å². The molecule has 0 aromatic carbocycles. The van der Waals surface area contributed by atoms with E-state index in [9.17, 15) is 0 Å². The minimum absolute atomic E-state index is 0.355. The maximum Gasteiger partial charge on any atom is 0.183 e. The van der Waals surface area contributed by atoms with Gasteiger partial charge in [0, 0.05) is 38.2 Å². The molecular weight excluding hydrogens is 336 g/mol. The molecule has 1 N–H and O–H groups in total. The zero-order valence-corrected chi connectivity index (χ0v) is 15.5. The van der Waals surface area contributed by atoms with Crippen molar-refractivity contribution in [3.05, 3.63) is 35.4 Å². The Kier molecular flexibility index (Phi) is 4.30. The molecule has 4 rings (SSSR count). The van der Waals surface area contributed by atoms with Gasteiger partial charge in [-0.3, -0.25) is 9.36 Å². The van der Waals surface area contributed by atoms with E-state index >= 15 is 0 Å². The first-order valence-electron chi connectivity index (χ1n) is 8.44. The first-order valence-corrected chi connectivity index (χ1v) is 9.25. The zero-order chi connectivity index (χ0) is 17.4. The molecule has 1 saturated heterocycles. The van der Waals surface area contributed by atoms with Gasteiger partial charge in [0.25, 0.3) is 0 Å². The Morgan fingerprint density at radius 1 is 1.32 bits per heavy atom. The number of hydrogen-bond donors (Lipinski definition) is 1. The smallest absolute Gasteiger partial charge is 0.183 e. The number of nitrogens with zero attached hydrogens (tertiary/aromatic N) is 5. The molecule has 3 aromatic heterocycles. The number of hydrogen-bond acceptors (Lipinski definition) is 6. The van der Waals surface area contributed by atoms with Gasteiger partial charge in [-0.1, -0.05) is 11.3 Å². The quantitative estimate of drug-likeness (QED) is 0.759. The van der Waals surface area contributed by atoms with Crippen LogP contribution in [0.3, 0.4) is 0 Å². The van der Waals surface area contributed by atoms with Gasteiger partial charge < -0.3 is 10.1 Å². The molecule has 4 heterocycles. The molecule has 1 aliphatic rings. The van der Waals surface area contributed by atoms with Gasteiger partial charge in [0.2, 0.25) is 0 Å². The van der Waals surface area contributed by atoms with Gasteiger partial charge in [0.15, 0.2) is 5.13 Å². The van der Waals surface area contributed by atoms with Crippen LogP contribution in [-0.4, -0.2) is 37.8 Å². The maximum atomic E-state index is 5.45. The molecule has 0 saturated carbocycles. The zero-order valence-electron chi connectivity index (χ0n) is 14.7. The van der Waals surface area contributed by atoms with Gasteiger partial charge in [-0.25, -0.2) is 4.98 Å². The summed E-state index contributed by atoms with van der Waals surface area (Å²) >= 11 is 1.64. The van der Waals surface area contributed by atoms with E-state index in [1.807, 2.05) is 42.7 Å². The molecule has 0 aliphatic carbocycles. The molecule has 8 heteroatoms. The van der Waals surface area contributed by atoms with Gasteiger partial charge in [-0.05, 0) is 26.3 Å². The molecule has 7 nitrogen and oxygen atoms in total. The lowest BCUT2D eigenvalue weighted by molar-refractivity contribution is 0.184. The predicted molar refractivity (Wildman–Crippen MR) is 97.8 cm³/mol. The average Bonchev–Trinajstić information content (AvgIpc) is 3.32. The summed E-state index contributed by atoms with van der Waals surface area (Å²) in [5.41, 5.74) is 4.21. The topological polar surface area (TPSA) is 69.8 Å². The summed E-state index contributed by atoms with van der Waals surface area (Å²) in [5, 5.41) is 13.4. The first-order chi connectivity index (χ1) is 12.1. The van der Waals surface area contributed by atoms with Crippen molar-refractivity contribution < 1.29 is 4.74 Å². The fraction of sp³-hybridized carbons (Fsp3) is 0.471. The van der Waals surface area contributed by atoms with Crippen LogP contribution >= 0.6 is 11.3 Å². The monoisotopic (exact) mass is 358 g/mol. The van der Waals surface area contributed by atoms with Crippen LogP contribution in [0, 0.1) is 13.8 Å². The van der Waals surface area contributed by atoms with Gasteiger partial charge >= 0.3 is 0 Å². The van der Waals surface area contributed by atoms with E-state index in [0.29, 0.717) is 6.04 Å². The normalized spacial score (nSPS) is 17.3. The van der Waals surface area contributed by atoms with Crippen LogP contribution in [0.2, 0.25) is 0 Å². The maximum absolute atomic E-state index is 5.45. The highest BCUT2D eigenvalue weighted by molar-refractivity contribution is 7.19. The summed E-state index contributed by atoms with van der Waals surface area (Å²) in [6.45, 7) is 6.35. The van der Waals surface area contributed by atoms with Crippen LogP contribution in [0.15, 0.2) is 18.5 Å². The van der Waals surface area contributed by atoms with Gasteiger partial charge in [0.05, 0.1) is 28.9 Å². The molecular formula is C17H22N6OS. The molecule has 1 aliphatic heterocycles. The van der Waals surface area contributed by atoms with Crippen LogP contribution in [0.25, 0.3) is 10.6 Å². The summed E-state index contributed by atoms with van der Waals surface area (Å²) in [6, 6.07) is 2.42. The predicted octanol–water partition coefficient (Wildman–Crippen LogP) is 2.93. The van der Waals surface area contributed by atoms with Crippen molar-refractivity contribution in [2.24, 2.45) is 7.05 Å². The Morgan fingerprint density at radius 3 is 2.92 bits per heavy atom. The van der Waals surface area contributed by atoms with Crippen LogP contribution in [0.1, 0.15) is 29.4 Å². The Hall–Kier alpha value is -2.19. The lowest BCUT2D eigenvalue weighted by Crippen LogP contribution is -2.08. The van der Waals surface area contributed by atoms with Crippen molar-refractivity contribution in [2.75, 3.05) is 18.5 Å². The van der Waals surface area contributed by atoms with Gasteiger partial charge in [-0.15, -0.1) is 0 Å². The molecule has 1 fully saturated rings. The highest BCUT2D eigenvalue weighted by Crippen LogP contribution is 2.32. The third-order valence-corrected chi connectivity index (χ3v) is 5.60. The van der Waals surface area contributed by atoms with Crippen molar-refractivity contribution in [3.8, 4) is 10.6 Å². The summed E-state index contributed by atoms with van der Waals surface area (Å²) in [4.78, 5) is 5.77. The second-order valence-corrected chi connectivity index (χ2v) is 7.40. The minimum atomic E-state index is 0.355. The molecule has 1 atom stereocenters. The molecule has 0 unspecified atom stereocenters. The van der Waals surface area contributed by atoms with Crippen molar-refractivity contribution in [1.82, 2.24) is 24.5 Å². The lowest BCUT2D eigenvalue weighted by Gasteiger charge is -2.06. The van der Waals surface area contributed by atoms with Crippen molar-refractivity contribution >= 4 is 16.5 Å². The highest BCUT2D eigenvalue weighted by Gasteiger charge is 2.20. The molecule has 0 bridgehead atoms. The summed E-state index contributed by atoms with van der Waals surface area (Å²) < 4.78 is 9.31. The molecule has 0 amide bonds. The molecule has 132 valence electrons. The Morgan fingerprint density at radius 2 is 2.20 bits per heavy atom. The summed E-state index contributed by atoms with van der Waals surface area (Å²) in [6.07, 6.45) is 5.11. The van der Waals surface area contributed by atoms with Crippen LogP contribution in [0.4, 0.5) is 5.13 Å². The summed E-state index contributed by atoms with van der Waals surface area (Å²) in [7, 11) is 1.94. The SMILES string of the molecule is Cc1nn(C)cc1CNc1nc(C)c(-c2ccn([C@H]3CCOC3)n2)s1. The largest absolute Gasteiger partial charge is 0.379 e. The number of aryl methyl sites for hydroxylation is 3. The Labute approximate surface area is 150 Å². The number of ether oxygens (including phenoxy) is 1. The Bertz CT molecular complexity index is 874. The second-order valence-electron chi connectivity index (χ2n) is 6.40. The van der Waals surface area contributed by atoms with Crippen LogP contribution < -0.4 is 5.32 Å². The van der Waals surface area contributed by atoms with Crippen LogP contribution in [-0.2, 0) is 18.3 Å². The van der Waals surface area contributed by atoms with E-state index in [2.05, 4.69) is 21.5 Å². The Balaban J connectivity index is 1.49. The fourth-order valence-corrected chi connectivity index (χ4v) is 4.02. The highest BCUT2D eigenvalue weighted by atomic mass is 32.1. The number of rotatable bonds is 5. The van der Waals surface area contributed by atoms with Gasteiger partial charge in [0.1, 0.15) is 5.69 Å². The van der Waals surface area contributed by atoms with Crippen LogP contribution in [0.5, 0.6) is 0 Å². The molecule has 0 spiro atoms. The average molecular weight is 358 g/mol. The first kappa shape index (κ1) is 16.3. The van der Waals surface area contributed by atoms with E-state index in [1.165, 1.54) is 5.56 Å². The van der Waals surface area contributed by atoms with E-state index in [4.69, 9.17) is 9.84 Å².